The van der Waals surface area contributed by atoms with Crippen molar-refractivity contribution in [3.8, 4) is 0 Å². The van der Waals surface area contributed by atoms with Gasteiger partial charge in [0.2, 0.25) is 0 Å². The van der Waals surface area contributed by atoms with Crippen LogP contribution in [0, 0.1) is 0 Å². The van der Waals surface area contributed by atoms with Gasteiger partial charge in [0.1, 0.15) is 0 Å². The molecule has 0 amide bonds. The lowest BCUT2D eigenvalue weighted by atomic mass is 10.3. The third-order valence-electron chi connectivity index (χ3n) is 3.12. The Morgan fingerprint density at radius 3 is 2.29 bits per heavy atom. The van der Waals surface area contributed by atoms with E-state index in [1.165, 1.54) is 6.04 Å². The first kappa shape index (κ1) is 16.7. The van der Waals surface area contributed by atoms with E-state index in [4.69, 9.17) is 15.8 Å². The van der Waals surface area contributed by atoms with Crippen molar-refractivity contribution in [2.45, 2.75) is 58.2 Å². The number of carbonyl (C=O) groups is 1. The van der Waals surface area contributed by atoms with E-state index in [0.717, 1.165) is 31.4 Å². The quantitative estimate of drug-likeness (QED) is 0.204. The summed E-state index contributed by atoms with van der Waals surface area (Å²) in [7, 11) is -1.45. The molecule has 0 heterocycles. The third-order valence-corrected chi connectivity index (χ3v) is 9.07. The van der Waals surface area contributed by atoms with Crippen LogP contribution in [0.2, 0.25) is 18.1 Å². The van der Waals surface area contributed by atoms with Gasteiger partial charge in [-0.2, -0.15) is 11.1 Å². The molecule has 0 aromatic heterocycles. The summed E-state index contributed by atoms with van der Waals surface area (Å²) in [5.41, 5.74) is 0.467. The lowest BCUT2D eigenvalue weighted by molar-refractivity contribution is -0.139. The number of hydrogen-bond donors (Lipinski definition) is 0. The Balaban J connectivity index is 3.53. The highest BCUT2D eigenvalue weighted by Gasteiger charge is 2.25. The fraction of sp³-hybridized carbons (Fsp3) is 0.769. The fourth-order valence-electron chi connectivity index (χ4n) is 1.61. The second-order valence-corrected chi connectivity index (χ2v) is 11.2. The van der Waals surface area contributed by atoms with Gasteiger partial charge in [-0.05, 0) is 31.5 Å². The number of carbonyl (C=O) groups excluding carboxylic acids is 1. The van der Waals surface area contributed by atoms with Crippen LogP contribution in [0.3, 0.4) is 0 Å². The SMILES string of the molecule is C=C(C)C(=O)OCCCCC[Si](Cl)(CC)CC. The summed E-state index contributed by atoms with van der Waals surface area (Å²) >= 11 is 6.55. The van der Waals surface area contributed by atoms with Crippen LogP contribution in [-0.2, 0) is 9.53 Å². The Labute approximate surface area is 111 Å². The first-order valence-electron chi connectivity index (χ1n) is 6.46. The molecule has 0 saturated heterocycles. The average molecular weight is 277 g/mol. The van der Waals surface area contributed by atoms with E-state index in [1.54, 1.807) is 6.92 Å². The summed E-state index contributed by atoms with van der Waals surface area (Å²) in [6.45, 7) is 10.1. The minimum Gasteiger partial charge on any atom is -0.462 e. The minimum absolute atomic E-state index is 0.284. The van der Waals surface area contributed by atoms with Crippen molar-refractivity contribution in [3.63, 3.8) is 0 Å². The predicted molar refractivity (Wildman–Crippen MR) is 77.0 cm³/mol. The number of ether oxygens (including phenoxy) is 1. The molecule has 2 nitrogen and oxygen atoms in total. The topological polar surface area (TPSA) is 26.3 Å². The zero-order chi connectivity index (χ0) is 13.3. The van der Waals surface area contributed by atoms with Gasteiger partial charge in [0.25, 0.3) is 0 Å². The van der Waals surface area contributed by atoms with E-state index in [0.29, 0.717) is 12.2 Å². The normalized spacial score (nSPS) is 11.3. The van der Waals surface area contributed by atoms with Crippen LogP contribution < -0.4 is 0 Å². The van der Waals surface area contributed by atoms with Gasteiger partial charge < -0.3 is 4.74 Å². The van der Waals surface area contributed by atoms with Crippen molar-refractivity contribution < 1.29 is 9.53 Å². The van der Waals surface area contributed by atoms with E-state index < -0.39 is 7.38 Å². The second kappa shape index (κ2) is 8.76. The highest BCUT2D eigenvalue weighted by molar-refractivity contribution is 7.20. The van der Waals surface area contributed by atoms with Crippen LogP contribution in [0.5, 0.6) is 0 Å². The van der Waals surface area contributed by atoms with Gasteiger partial charge in [-0.15, -0.1) is 0 Å². The molecule has 0 spiro atoms. The van der Waals surface area contributed by atoms with Crippen LogP contribution in [0.25, 0.3) is 0 Å². The van der Waals surface area contributed by atoms with Crippen molar-refractivity contribution in [2.75, 3.05) is 6.61 Å². The molecule has 0 aliphatic carbocycles. The van der Waals surface area contributed by atoms with Gasteiger partial charge in [0.05, 0.1) is 6.61 Å². The molecular weight excluding hydrogens is 252 g/mol. The second-order valence-electron chi connectivity index (χ2n) is 4.58. The standard InChI is InChI=1S/C13H25ClO2Si/c1-5-17(14,6-2)11-9-7-8-10-16-13(15)12(3)4/h3,5-11H2,1-2,4H3. The molecule has 0 bridgehead atoms. The molecule has 0 rings (SSSR count). The molecule has 0 saturated carbocycles. The molecule has 0 unspecified atom stereocenters. The first-order chi connectivity index (χ1) is 7.95. The Morgan fingerprint density at radius 1 is 1.24 bits per heavy atom. The maximum atomic E-state index is 11.1. The summed E-state index contributed by atoms with van der Waals surface area (Å²) in [5.74, 6) is -0.284. The molecule has 0 fully saturated rings. The Morgan fingerprint density at radius 2 is 1.82 bits per heavy atom. The average Bonchev–Trinajstić information content (AvgIpc) is 2.32. The maximum Gasteiger partial charge on any atom is 0.333 e. The predicted octanol–water partition coefficient (Wildman–Crippen LogP) is 4.50. The first-order valence-corrected chi connectivity index (χ1v) is 10.1. The molecular formula is C13H25ClO2Si. The molecule has 17 heavy (non-hydrogen) atoms. The van der Waals surface area contributed by atoms with Crippen molar-refractivity contribution in [2.24, 2.45) is 0 Å². The zero-order valence-electron chi connectivity index (χ0n) is 11.4. The van der Waals surface area contributed by atoms with E-state index in [1.807, 2.05) is 0 Å². The Kier molecular flexibility index (Phi) is 8.61. The summed E-state index contributed by atoms with van der Waals surface area (Å²) in [5, 5.41) is 0. The fourth-order valence-corrected chi connectivity index (χ4v) is 4.10. The monoisotopic (exact) mass is 276 g/mol. The van der Waals surface area contributed by atoms with Gasteiger partial charge in [0, 0.05) is 5.57 Å². The maximum absolute atomic E-state index is 11.1. The van der Waals surface area contributed by atoms with Crippen LogP contribution in [0.4, 0.5) is 0 Å². The molecule has 100 valence electrons. The van der Waals surface area contributed by atoms with Crippen LogP contribution in [0.15, 0.2) is 12.2 Å². The van der Waals surface area contributed by atoms with E-state index in [-0.39, 0.29) is 5.97 Å². The summed E-state index contributed by atoms with van der Waals surface area (Å²) in [4.78, 5) is 11.1. The van der Waals surface area contributed by atoms with Crippen molar-refractivity contribution in [1.82, 2.24) is 0 Å². The number of unbranched alkanes of at least 4 members (excludes halogenated alkanes) is 2. The van der Waals surface area contributed by atoms with E-state index >= 15 is 0 Å². The van der Waals surface area contributed by atoms with Crippen LogP contribution in [0.1, 0.15) is 40.0 Å². The van der Waals surface area contributed by atoms with Crippen molar-refractivity contribution in [1.29, 1.82) is 0 Å². The number of esters is 1. The van der Waals surface area contributed by atoms with E-state index in [9.17, 15) is 4.79 Å². The molecule has 0 aromatic carbocycles. The van der Waals surface area contributed by atoms with E-state index in [2.05, 4.69) is 20.4 Å². The molecule has 0 aromatic rings. The highest BCUT2D eigenvalue weighted by atomic mass is 35.6. The number of halogens is 1. The number of hydrogen-bond acceptors (Lipinski definition) is 2. The summed E-state index contributed by atoms with van der Waals surface area (Å²) in [6.07, 6.45) is 3.17. The van der Waals surface area contributed by atoms with Crippen molar-refractivity contribution in [3.05, 3.63) is 12.2 Å². The number of rotatable bonds is 9. The summed E-state index contributed by atoms with van der Waals surface area (Å²) < 4.78 is 5.03. The third kappa shape index (κ3) is 7.61. The van der Waals surface area contributed by atoms with Gasteiger partial charge in [-0.1, -0.05) is 33.3 Å². The highest BCUT2D eigenvalue weighted by Crippen LogP contribution is 2.27. The Bertz CT molecular complexity index is 250. The minimum atomic E-state index is -1.45. The lowest BCUT2D eigenvalue weighted by Crippen LogP contribution is -2.23. The molecule has 0 aliphatic heterocycles. The largest absolute Gasteiger partial charge is 0.462 e. The molecule has 0 aliphatic rings. The van der Waals surface area contributed by atoms with Gasteiger partial charge in [-0.25, -0.2) is 4.79 Å². The van der Waals surface area contributed by atoms with Crippen molar-refractivity contribution >= 4 is 24.4 Å². The van der Waals surface area contributed by atoms with Gasteiger partial charge in [0.15, 0.2) is 7.38 Å². The zero-order valence-corrected chi connectivity index (χ0v) is 13.1. The summed E-state index contributed by atoms with van der Waals surface area (Å²) in [6, 6.07) is 3.47. The smallest absolute Gasteiger partial charge is 0.333 e. The lowest BCUT2D eigenvalue weighted by Gasteiger charge is -2.20. The van der Waals surface area contributed by atoms with Crippen LogP contribution in [-0.4, -0.2) is 20.0 Å². The van der Waals surface area contributed by atoms with Gasteiger partial charge in [-0.3, -0.25) is 0 Å². The van der Waals surface area contributed by atoms with Crippen LogP contribution >= 0.6 is 11.1 Å². The molecule has 0 atom stereocenters. The molecule has 4 heteroatoms. The molecule has 0 N–H and O–H groups in total. The molecule has 0 radical (unpaired) electrons. The Hall–Kier alpha value is -0.283. The van der Waals surface area contributed by atoms with Gasteiger partial charge >= 0.3 is 5.97 Å².